The number of nitrogens with zero attached hydrogens (tertiary/aromatic N) is 4. The molecule has 25 heavy (non-hydrogen) atoms. The fourth-order valence-electron chi connectivity index (χ4n) is 3.35. The van der Waals surface area contributed by atoms with Gasteiger partial charge in [-0.15, -0.1) is 5.10 Å². The molecule has 1 N–H and O–H groups in total. The summed E-state index contributed by atoms with van der Waals surface area (Å²) in [7, 11) is 0. The highest BCUT2D eigenvalue weighted by Crippen LogP contribution is 2.29. The molecule has 134 valence electrons. The lowest BCUT2D eigenvalue weighted by atomic mass is 9.78. The van der Waals surface area contributed by atoms with E-state index in [-0.39, 0.29) is 11.9 Å². The van der Waals surface area contributed by atoms with E-state index in [1.54, 1.807) is 4.68 Å². The smallest absolute Gasteiger partial charge is 0.230 e. The number of hydrogen-bond acceptors (Lipinski definition) is 5. The molecule has 0 aliphatic heterocycles. The van der Waals surface area contributed by atoms with Crippen LogP contribution in [0.1, 0.15) is 38.7 Å². The van der Waals surface area contributed by atoms with Crippen LogP contribution in [-0.4, -0.2) is 37.9 Å². The highest BCUT2D eigenvalue weighted by atomic mass is 32.2. The van der Waals surface area contributed by atoms with Crippen molar-refractivity contribution in [3.05, 3.63) is 29.8 Å². The molecule has 1 amide bonds. The Morgan fingerprint density at radius 2 is 2.20 bits per heavy atom. The van der Waals surface area contributed by atoms with Crippen LogP contribution in [0.3, 0.4) is 0 Å². The zero-order chi connectivity index (χ0) is 17.8. The molecule has 1 saturated carbocycles. The monoisotopic (exact) mass is 359 g/mol. The molecule has 0 unspecified atom stereocenters. The maximum absolute atomic E-state index is 12.4. The van der Waals surface area contributed by atoms with E-state index in [0.717, 1.165) is 17.7 Å². The number of thioether (sulfide) groups is 1. The Bertz CT molecular complexity index is 732. The van der Waals surface area contributed by atoms with E-state index >= 15 is 0 Å². The summed E-state index contributed by atoms with van der Waals surface area (Å²) in [4.78, 5) is 12.4. The maximum atomic E-state index is 12.4. The van der Waals surface area contributed by atoms with Crippen LogP contribution in [0.5, 0.6) is 0 Å². The Labute approximate surface area is 152 Å². The Balaban J connectivity index is 1.59. The second-order valence-corrected chi connectivity index (χ2v) is 7.88. The van der Waals surface area contributed by atoms with Gasteiger partial charge >= 0.3 is 0 Å². The summed E-state index contributed by atoms with van der Waals surface area (Å²) in [5.41, 5.74) is 2.05. The third kappa shape index (κ3) is 4.39. The van der Waals surface area contributed by atoms with Crippen LogP contribution in [0.15, 0.2) is 29.4 Å². The van der Waals surface area contributed by atoms with Crippen molar-refractivity contribution in [3.8, 4) is 5.69 Å². The second kappa shape index (κ2) is 7.99. The number of benzene rings is 1. The predicted molar refractivity (Wildman–Crippen MR) is 98.7 cm³/mol. The maximum Gasteiger partial charge on any atom is 0.230 e. The number of carbonyl (C=O) groups excluding carboxylic acids is 1. The minimum atomic E-state index is 0.0507. The summed E-state index contributed by atoms with van der Waals surface area (Å²) in [6.45, 7) is 6.54. The van der Waals surface area contributed by atoms with E-state index < -0.39 is 0 Å². The Morgan fingerprint density at radius 3 is 3.00 bits per heavy atom. The molecule has 3 rings (SSSR count). The van der Waals surface area contributed by atoms with E-state index in [1.165, 1.54) is 24.6 Å². The zero-order valence-corrected chi connectivity index (χ0v) is 15.8. The van der Waals surface area contributed by atoms with E-state index in [9.17, 15) is 4.79 Å². The topological polar surface area (TPSA) is 72.7 Å². The van der Waals surface area contributed by atoms with E-state index in [0.29, 0.717) is 22.7 Å². The molecule has 2 aromatic rings. The Kier molecular flexibility index (Phi) is 5.73. The van der Waals surface area contributed by atoms with Gasteiger partial charge in [0.2, 0.25) is 11.1 Å². The predicted octanol–water partition coefficient (Wildman–Crippen LogP) is 3.00. The van der Waals surface area contributed by atoms with Crippen molar-refractivity contribution >= 4 is 17.7 Å². The number of tetrazole rings is 1. The van der Waals surface area contributed by atoms with Gasteiger partial charge in [0.15, 0.2) is 0 Å². The minimum Gasteiger partial charge on any atom is -0.352 e. The number of amides is 1. The van der Waals surface area contributed by atoms with Crippen molar-refractivity contribution in [2.24, 2.45) is 11.8 Å². The summed E-state index contributed by atoms with van der Waals surface area (Å²) in [5, 5.41) is 15.7. The first-order chi connectivity index (χ1) is 12.0. The lowest BCUT2D eigenvalue weighted by molar-refractivity contribution is -0.120. The quantitative estimate of drug-likeness (QED) is 0.831. The number of aryl methyl sites for hydroxylation is 1. The molecule has 0 bridgehead atoms. The molecular formula is C18H25N5OS. The summed E-state index contributed by atoms with van der Waals surface area (Å²) in [6.07, 6.45) is 3.52. The molecule has 0 radical (unpaired) electrons. The van der Waals surface area contributed by atoms with Crippen molar-refractivity contribution in [2.45, 2.75) is 51.2 Å². The van der Waals surface area contributed by atoms with Crippen molar-refractivity contribution < 1.29 is 4.79 Å². The van der Waals surface area contributed by atoms with Gasteiger partial charge in [-0.25, -0.2) is 0 Å². The van der Waals surface area contributed by atoms with Gasteiger partial charge in [0.1, 0.15) is 0 Å². The third-order valence-corrected chi connectivity index (χ3v) is 5.99. The van der Waals surface area contributed by atoms with Crippen LogP contribution in [0.4, 0.5) is 0 Å². The SMILES string of the molecule is Cc1cccc(-n2nnnc2SCC(=O)N[C@@H]2CCC[C@@H](C)[C@@H]2C)c1. The molecule has 1 aliphatic carbocycles. The highest BCUT2D eigenvalue weighted by Gasteiger charge is 2.28. The van der Waals surface area contributed by atoms with Crippen LogP contribution in [0.2, 0.25) is 0 Å². The summed E-state index contributed by atoms with van der Waals surface area (Å²) in [6, 6.07) is 8.26. The van der Waals surface area contributed by atoms with Crippen LogP contribution in [-0.2, 0) is 4.79 Å². The molecule has 1 aromatic carbocycles. The zero-order valence-electron chi connectivity index (χ0n) is 15.0. The van der Waals surface area contributed by atoms with E-state index in [1.807, 2.05) is 31.2 Å². The van der Waals surface area contributed by atoms with Crippen LogP contribution in [0.25, 0.3) is 5.69 Å². The first-order valence-corrected chi connectivity index (χ1v) is 9.80. The molecular weight excluding hydrogens is 334 g/mol. The first-order valence-electron chi connectivity index (χ1n) is 8.82. The average Bonchev–Trinajstić information content (AvgIpc) is 3.06. The largest absolute Gasteiger partial charge is 0.352 e. The van der Waals surface area contributed by atoms with Gasteiger partial charge < -0.3 is 5.32 Å². The van der Waals surface area contributed by atoms with Gasteiger partial charge in [-0.05, 0) is 53.3 Å². The van der Waals surface area contributed by atoms with E-state index in [2.05, 4.69) is 34.7 Å². The molecule has 1 fully saturated rings. The van der Waals surface area contributed by atoms with Gasteiger partial charge in [0, 0.05) is 6.04 Å². The van der Waals surface area contributed by atoms with Crippen molar-refractivity contribution in [3.63, 3.8) is 0 Å². The van der Waals surface area contributed by atoms with Gasteiger partial charge in [-0.3, -0.25) is 4.79 Å². The average molecular weight is 359 g/mol. The standard InChI is InChI=1S/C18H25N5OS/c1-12-6-4-8-15(10-12)23-18(20-21-22-23)25-11-17(24)19-16-9-5-7-13(2)14(16)3/h4,6,8,10,13-14,16H,5,7,9,11H2,1-3H3,(H,19,24)/t13-,14+,16-/m1/s1. The molecule has 0 saturated heterocycles. The molecule has 1 heterocycles. The Hall–Kier alpha value is -1.89. The minimum absolute atomic E-state index is 0.0507. The van der Waals surface area contributed by atoms with Crippen molar-refractivity contribution in [1.29, 1.82) is 0 Å². The third-order valence-electron chi connectivity index (χ3n) is 5.07. The summed E-state index contributed by atoms with van der Waals surface area (Å²) >= 11 is 1.37. The fraction of sp³-hybridized carbons (Fsp3) is 0.556. The molecule has 1 aliphatic rings. The molecule has 1 aromatic heterocycles. The number of hydrogen-bond donors (Lipinski definition) is 1. The van der Waals surface area contributed by atoms with Crippen LogP contribution < -0.4 is 5.32 Å². The number of aromatic nitrogens is 4. The number of nitrogens with one attached hydrogen (secondary N) is 1. The number of rotatable bonds is 5. The molecule has 3 atom stereocenters. The summed E-state index contributed by atoms with van der Waals surface area (Å²) < 4.78 is 1.68. The van der Waals surface area contributed by atoms with Gasteiger partial charge in [-0.2, -0.15) is 4.68 Å². The second-order valence-electron chi connectivity index (χ2n) is 6.94. The molecule has 6 nitrogen and oxygen atoms in total. The van der Waals surface area contributed by atoms with Crippen LogP contribution in [0, 0.1) is 18.8 Å². The Morgan fingerprint density at radius 1 is 1.36 bits per heavy atom. The number of carbonyl (C=O) groups is 1. The fourth-order valence-corrected chi connectivity index (χ4v) is 4.06. The van der Waals surface area contributed by atoms with Gasteiger partial charge in [0.25, 0.3) is 0 Å². The van der Waals surface area contributed by atoms with E-state index in [4.69, 9.17) is 0 Å². The van der Waals surface area contributed by atoms with Gasteiger partial charge in [0.05, 0.1) is 11.4 Å². The molecule has 7 heteroatoms. The normalized spacial score (nSPS) is 23.4. The first kappa shape index (κ1) is 17.9. The summed E-state index contributed by atoms with van der Waals surface area (Å²) in [5.74, 6) is 1.57. The van der Waals surface area contributed by atoms with Crippen molar-refractivity contribution in [2.75, 3.05) is 5.75 Å². The molecule has 0 spiro atoms. The van der Waals surface area contributed by atoms with Crippen LogP contribution >= 0.6 is 11.8 Å². The van der Waals surface area contributed by atoms with Crippen molar-refractivity contribution in [1.82, 2.24) is 25.5 Å². The lowest BCUT2D eigenvalue weighted by Gasteiger charge is -2.34. The highest BCUT2D eigenvalue weighted by molar-refractivity contribution is 7.99. The van der Waals surface area contributed by atoms with Gasteiger partial charge in [-0.1, -0.05) is 50.6 Å². The lowest BCUT2D eigenvalue weighted by Crippen LogP contribution is -2.44.